The Kier molecular flexibility index (Phi) is 4.50. The zero-order chi connectivity index (χ0) is 16.6. The number of ether oxygens (including phenoxy) is 1. The maximum Gasteiger partial charge on any atom is 0.494 e. The van der Waals surface area contributed by atoms with E-state index in [0.717, 1.165) is 5.46 Å². The van der Waals surface area contributed by atoms with Crippen LogP contribution in [0.15, 0.2) is 24.3 Å². The molecule has 0 aliphatic carbocycles. The van der Waals surface area contributed by atoms with Crippen molar-refractivity contribution in [1.82, 2.24) is 0 Å². The average molecular weight is 316 g/mol. The molecule has 1 aliphatic heterocycles. The quantitative estimate of drug-likeness (QED) is 0.802. The summed E-state index contributed by atoms with van der Waals surface area (Å²) < 4.78 is 52.7. The third-order valence-corrected chi connectivity index (χ3v) is 4.18. The van der Waals surface area contributed by atoms with E-state index in [1.165, 1.54) is 12.1 Å². The fourth-order valence-corrected chi connectivity index (χ4v) is 1.97. The molecule has 1 aliphatic rings. The van der Waals surface area contributed by atoms with Crippen molar-refractivity contribution in [3.8, 4) is 5.75 Å². The fourth-order valence-electron chi connectivity index (χ4n) is 1.97. The molecule has 0 aromatic heterocycles. The van der Waals surface area contributed by atoms with Gasteiger partial charge in [-0.3, -0.25) is 0 Å². The minimum absolute atomic E-state index is 0.126. The molecule has 1 aromatic rings. The molecule has 3 nitrogen and oxygen atoms in total. The van der Waals surface area contributed by atoms with Gasteiger partial charge < -0.3 is 14.0 Å². The lowest BCUT2D eigenvalue weighted by atomic mass is 9.69. The molecule has 0 unspecified atom stereocenters. The second kappa shape index (κ2) is 5.78. The number of hydrogen-bond acceptors (Lipinski definition) is 3. The molecule has 0 spiro atoms. The Morgan fingerprint density at radius 1 is 1.14 bits per heavy atom. The van der Waals surface area contributed by atoms with E-state index in [1.54, 1.807) is 12.1 Å². The summed E-state index contributed by atoms with van der Waals surface area (Å²) in [6.07, 6.45) is -4.34. The first-order chi connectivity index (χ1) is 10.0. The van der Waals surface area contributed by atoms with Crippen molar-refractivity contribution in [2.24, 2.45) is 5.41 Å². The van der Waals surface area contributed by atoms with Crippen LogP contribution in [0.5, 0.6) is 5.75 Å². The van der Waals surface area contributed by atoms with Crippen LogP contribution in [0.1, 0.15) is 27.7 Å². The first kappa shape index (κ1) is 17.2. The first-order valence-electron chi connectivity index (χ1n) is 7.09. The lowest BCUT2D eigenvalue weighted by Crippen LogP contribution is -2.58. The van der Waals surface area contributed by atoms with Gasteiger partial charge in [0.1, 0.15) is 5.75 Å². The molecule has 22 heavy (non-hydrogen) atoms. The summed E-state index contributed by atoms with van der Waals surface area (Å²) in [6.45, 7) is 7.38. The van der Waals surface area contributed by atoms with Crippen LogP contribution in [0.25, 0.3) is 0 Å². The summed E-state index contributed by atoms with van der Waals surface area (Å²) >= 11 is 0. The van der Waals surface area contributed by atoms with Gasteiger partial charge in [0.15, 0.2) is 6.61 Å². The maximum atomic E-state index is 12.1. The highest BCUT2D eigenvalue weighted by Crippen LogP contribution is 2.38. The van der Waals surface area contributed by atoms with Gasteiger partial charge in [0.05, 0.1) is 5.60 Å². The van der Waals surface area contributed by atoms with Crippen molar-refractivity contribution in [3.05, 3.63) is 24.3 Å². The molecule has 0 amide bonds. The topological polar surface area (TPSA) is 27.7 Å². The SMILES string of the molecule is CC1(C)COB(c2ccc(OCC(F)(F)F)cc2)OC1(C)C. The molecular weight excluding hydrogens is 296 g/mol. The van der Waals surface area contributed by atoms with Crippen LogP contribution in [-0.2, 0) is 9.31 Å². The van der Waals surface area contributed by atoms with Crippen molar-refractivity contribution in [2.45, 2.75) is 39.5 Å². The molecule has 1 saturated heterocycles. The molecule has 1 fully saturated rings. The Balaban J connectivity index is 2.02. The molecule has 1 aromatic carbocycles. The van der Waals surface area contributed by atoms with Gasteiger partial charge in [-0.2, -0.15) is 13.2 Å². The predicted octanol–water partition coefficient (Wildman–Crippen LogP) is 3.17. The fraction of sp³-hybridized carbons (Fsp3) is 0.600. The summed E-state index contributed by atoms with van der Waals surface area (Å²) in [5.74, 6) is 0.163. The molecule has 1 heterocycles. The first-order valence-corrected chi connectivity index (χ1v) is 7.09. The minimum atomic E-state index is -4.34. The van der Waals surface area contributed by atoms with Crippen molar-refractivity contribution < 1.29 is 27.2 Å². The van der Waals surface area contributed by atoms with Crippen molar-refractivity contribution in [3.63, 3.8) is 0 Å². The Morgan fingerprint density at radius 2 is 1.73 bits per heavy atom. The van der Waals surface area contributed by atoms with Crippen LogP contribution in [0.3, 0.4) is 0 Å². The van der Waals surface area contributed by atoms with E-state index in [2.05, 4.69) is 18.6 Å². The van der Waals surface area contributed by atoms with Gasteiger partial charge in [-0.15, -0.1) is 0 Å². The van der Waals surface area contributed by atoms with E-state index in [1.807, 2.05) is 13.8 Å². The van der Waals surface area contributed by atoms with Gasteiger partial charge in [0.2, 0.25) is 0 Å². The van der Waals surface area contributed by atoms with Crippen molar-refractivity contribution >= 4 is 12.6 Å². The molecule has 0 radical (unpaired) electrons. The predicted molar refractivity (Wildman–Crippen MR) is 78.3 cm³/mol. The Morgan fingerprint density at radius 3 is 2.23 bits per heavy atom. The molecule has 7 heteroatoms. The van der Waals surface area contributed by atoms with Crippen LogP contribution in [0.2, 0.25) is 0 Å². The van der Waals surface area contributed by atoms with Crippen LogP contribution in [0.4, 0.5) is 13.2 Å². The zero-order valence-electron chi connectivity index (χ0n) is 13.2. The van der Waals surface area contributed by atoms with E-state index in [-0.39, 0.29) is 16.8 Å². The lowest BCUT2D eigenvalue weighted by Gasteiger charge is -2.47. The van der Waals surface area contributed by atoms with Gasteiger partial charge in [0.25, 0.3) is 0 Å². The zero-order valence-corrected chi connectivity index (χ0v) is 13.2. The average Bonchev–Trinajstić information content (AvgIpc) is 2.39. The van der Waals surface area contributed by atoms with Gasteiger partial charge in [-0.25, -0.2) is 0 Å². The Labute approximate surface area is 128 Å². The molecule has 0 atom stereocenters. The van der Waals surface area contributed by atoms with Gasteiger partial charge in [-0.05, 0) is 31.4 Å². The van der Waals surface area contributed by atoms with Crippen molar-refractivity contribution in [2.75, 3.05) is 13.2 Å². The third kappa shape index (κ3) is 3.95. The molecule has 0 bridgehead atoms. The second-order valence-electron chi connectivity index (χ2n) is 6.63. The van der Waals surface area contributed by atoms with Gasteiger partial charge in [0, 0.05) is 12.0 Å². The van der Waals surface area contributed by atoms with E-state index >= 15 is 0 Å². The summed E-state index contributed by atoms with van der Waals surface area (Å²) in [5, 5.41) is 0. The Bertz CT molecular complexity index is 512. The smallest absolute Gasteiger partial charge is 0.484 e. The molecule has 0 saturated carbocycles. The molecule has 0 N–H and O–H groups in total. The Hall–Kier alpha value is -1.21. The normalized spacial score (nSPS) is 20.8. The van der Waals surface area contributed by atoms with Crippen LogP contribution >= 0.6 is 0 Å². The number of alkyl halides is 3. The second-order valence-corrected chi connectivity index (χ2v) is 6.63. The van der Waals surface area contributed by atoms with Crippen LogP contribution < -0.4 is 10.2 Å². The highest BCUT2D eigenvalue weighted by atomic mass is 19.4. The van der Waals surface area contributed by atoms with Gasteiger partial charge in [-0.1, -0.05) is 26.0 Å². The summed E-state index contributed by atoms with van der Waals surface area (Å²) in [6, 6.07) is 6.29. The summed E-state index contributed by atoms with van der Waals surface area (Å²) in [4.78, 5) is 0. The van der Waals surface area contributed by atoms with E-state index < -0.39 is 19.9 Å². The largest absolute Gasteiger partial charge is 0.494 e. The summed E-state index contributed by atoms with van der Waals surface area (Å²) in [7, 11) is -0.528. The number of hydrogen-bond donors (Lipinski definition) is 0. The monoisotopic (exact) mass is 316 g/mol. The minimum Gasteiger partial charge on any atom is -0.484 e. The lowest BCUT2D eigenvalue weighted by molar-refractivity contribution is -0.153. The van der Waals surface area contributed by atoms with E-state index in [0.29, 0.717) is 6.61 Å². The molecule has 2 rings (SSSR count). The van der Waals surface area contributed by atoms with Gasteiger partial charge >= 0.3 is 13.3 Å². The highest BCUT2D eigenvalue weighted by Gasteiger charge is 2.46. The molecular formula is C15H20BF3O3. The van der Waals surface area contributed by atoms with E-state index in [9.17, 15) is 13.2 Å². The van der Waals surface area contributed by atoms with Crippen LogP contribution in [-0.4, -0.2) is 32.1 Å². The number of benzene rings is 1. The summed E-state index contributed by atoms with van der Waals surface area (Å²) in [5.41, 5.74) is 0.253. The number of rotatable bonds is 3. The maximum absolute atomic E-state index is 12.1. The number of halogens is 3. The molecule has 122 valence electrons. The van der Waals surface area contributed by atoms with E-state index in [4.69, 9.17) is 9.31 Å². The standard InChI is InChI=1S/C15H20BF3O3/c1-13(2)9-21-16(22-14(13,3)4)11-5-7-12(8-6-11)20-10-15(17,18)19/h5-8H,9-10H2,1-4H3. The highest BCUT2D eigenvalue weighted by molar-refractivity contribution is 6.61. The third-order valence-electron chi connectivity index (χ3n) is 4.18. The van der Waals surface area contributed by atoms with Crippen molar-refractivity contribution in [1.29, 1.82) is 0 Å². The van der Waals surface area contributed by atoms with Crippen LogP contribution in [0, 0.1) is 5.41 Å².